The molecule has 0 bridgehead atoms. The molecule has 4 rings (SSSR count). The summed E-state index contributed by atoms with van der Waals surface area (Å²) in [4.78, 5) is 16.6. The van der Waals surface area contributed by atoms with Gasteiger partial charge in [-0.05, 0) is 31.5 Å². The number of ether oxygens (including phenoxy) is 1. The first-order chi connectivity index (χ1) is 15.9. The third-order valence-electron chi connectivity index (χ3n) is 5.59. The lowest BCUT2D eigenvalue weighted by Gasteiger charge is -2.21. The molecule has 2 heterocycles. The van der Waals surface area contributed by atoms with Crippen molar-refractivity contribution in [1.29, 1.82) is 0 Å². The topological polar surface area (TPSA) is 97.5 Å². The van der Waals surface area contributed by atoms with Gasteiger partial charge < -0.3 is 19.7 Å². The number of hydrogen-bond acceptors (Lipinski definition) is 7. The maximum absolute atomic E-state index is 12.0. The zero-order valence-corrected chi connectivity index (χ0v) is 19.4. The maximum Gasteiger partial charge on any atom is 0.326 e. The highest BCUT2D eigenvalue weighted by atomic mass is 32.1. The SMILES string of the molecule is Cc1noc(C)c1COc1ccc(C(C)[C@H](Nc2nc(-c3ccccc3)cs2)C(=O)O)cc1. The number of anilines is 1. The maximum atomic E-state index is 12.0. The molecule has 1 unspecified atom stereocenters. The summed E-state index contributed by atoms with van der Waals surface area (Å²) in [6, 6.07) is 16.5. The molecule has 2 N–H and O–H groups in total. The van der Waals surface area contributed by atoms with E-state index in [0.717, 1.165) is 33.8 Å². The monoisotopic (exact) mass is 463 g/mol. The van der Waals surface area contributed by atoms with Gasteiger partial charge in [-0.3, -0.25) is 0 Å². The summed E-state index contributed by atoms with van der Waals surface area (Å²) in [5.41, 5.74) is 4.44. The molecule has 2 aromatic carbocycles. The van der Waals surface area contributed by atoms with Gasteiger partial charge in [0.2, 0.25) is 0 Å². The Hall–Kier alpha value is -3.65. The van der Waals surface area contributed by atoms with Crippen LogP contribution in [0.3, 0.4) is 0 Å². The van der Waals surface area contributed by atoms with E-state index in [2.05, 4.69) is 15.5 Å². The van der Waals surface area contributed by atoms with Crippen molar-refractivity contribution in [2.75, 3.05) is 5.32 Å². The Bertz CT molecular complexity index is 1200. The number of aliphatic carboxylic acids is 1. The van der Waals surface area contributed by atoms with E-state index in [1.807, 2.05) is 80.7 Å². The number of carboxylic acid groups (broad SMARTS) is 1. The van der Waals surface area contributed by atoms with Crippen molar-refractivity contribution in [1.82, 2.24) is 10.1 Å². The Labute approximate surface area is 196 Å². The third-order valence-corrected chi connectivity index (χ3v) is 6.36. The van der Waals surface area contributed by atoms with Crippen LogP contribution >= 0.6 is 11.3 Å². The molecule has 170 valence electrons. The van der Waals surface area contributed by atoms with Gasteiger partial charge in [-0.1, -0.05) is 54.5 Å². The lowest BCUT2D eigenvalue weighted by molar-refractivity contribution is -0.138. The van der Waals surface area contributed by atoms with Crippen molar-refractivity contribution in [3.05, 3.63) is 82.6 Å². The Morgan fingerprint density at radius 2 is 1.88 bits per heavy atom. The van der Waals surface area contributed by atoms with Gasteiger partial charge in [-0.2, -0.15) is 0 Å². The second-order valence-electron chi connectivity index (χ2n) is 7.81. The zero-order valence-electron chi connectivity index (χ0n) is 18.6. The lowest BCUT2D eigenvalue weighted by atomic mass is 9.93. The third kappa shape index (κ3) is 5.23. The summed E-state index contributed by atoms with van der Waals surface area (Å²) in [5, 5.41) is 19.4. The van der Waals surface area contributed by atoms with E-state index < -0.39 is 12.0 Å². The van der Waals surface area contributed by atoms with Crippen LogP contribution in [0.25, 0.3) is 11.3 Å². The van der Waals surface area contributed by atoms with Gasteiger partial charge in [-0.25, -0.2) is 9.78 Å². The van der Waals surface area contributed by atoms with Crippen LogP contribution in [0.15, 0.2) is 64.5 Å². The molecule has 0 spiro atoms. The molecule has 2 aromatic heterocycles. The molecule has 2 atom stereocenters. The van der Waals surface area contributed by atoms with Crippen molar-refractivity contribution in [3.63, 3.8) is 0 Å². The van der Waals surface area contributed by atoms with Gasteiger partial charge in [0.1, 0.15) is 24.2 Å². The van der Waals surface area contributed by atoms with Crippen LogP contribution in [0.1, 0.15) is 35.4 Å². The fraction of sp³-hybridized carbons (Fsp3) is 0.240. The van der Waals surface area contributed by atoms with Crippen LogP contribution in [0.5, 0.6) is 5.75 Å². The van der Waals surface area contributed by atoms with Crippen LogP contribution in [-0.2, 0) is 11.4 Å². The average molecular weight is 464 g/mol. The largest absolute Gasteiger partial charge is 0.489 e. The minimum Gasteiger partial charge on any atom is -0.489 e. The number of aryl methyl sites for hydroxylation is 2. The minimum absolute atomic E-state index is 0.289. The molecule has 0 aliphatic heterocycles. The number of carbonyl (C=O) groups is 1. The molecule has 33 heavy (non-hydrogen) atoms. The van der Waals surface area contributed by atoms with Gasteiger partial charge in [0.05, 0.1) is 17.0 Å². The number of nitrogens with zero attached hydrogens (tertiary/aromatic N) is 2. The molecular weight excluding hydrogens is 438 g/mol. The number of hydrogen-bond donors (Lipinski definition) is 2. The molecule has 0 saturated heterocycles. The number of thiazole rings is 1. The summed E-state index contributed by atoms with van der Waals surface area (Å²) >= 11 is 1.39. The molecule has 4 aromatic rings. The number of benzene rings is 2. The fourth-order valence-corrected chi connectivity index (χ4v) is 4.30. The van der Waals surface area contributed by atoms with E-state index in [9.17, 15) is 9.90 Å². The Morgan fingerprint density at radius 3 is 2.52 bits per heavy atom. The van der Waals surface area contributed by atoms with E-state index in [1.54, 1.807) is 0 Å². The Balaban J connectivity index is 1.43. The van der Waals surface area contributed by atoms with Gasteiger partial charge in [-0.15, -0.1) is 11.3 Å². The number of rotatable bonds is 9. The van der Waals surface area contributed by atoms with Crippen molar-refractivity contribution in [2.45, 2.75) is 39.3 Å². The van der Waals surface area contributed by atoms with E-state index in [1.165, 1.54) is 11.3 Å². The van der Waals surface area contributed by atoms with Gasteiger partial charge in [0.15, 0.2) is 5.13 Å². The number of nitrogens with one attached hydrogen (secondary N) is 1. The van der Waals surface area contributed by atoms with Crippen LogP contribution in [0.4, 0.5) is 5.13 Å². The number of aromatic nitrogens is 2. The standard InChI is InChI=1S/C25H25N3O4S/c1-15(18-9-11-20(12-10-18)31-13-21-16(2)28-32-17(21)3)23(24(29)30)27-25-26-22(14-33-25)19-7-5-4-6-8-19/h4-12,14-15,23H,13H2,1-3H3,(H,26,27)(H,29,30)/t15?,23-/m0/s1. The minimum atomic E-state index is -0.933. The Kier molecular flexibility index (Phi) is 6.74. The van der Waals surface area contributed by atoms with E-state index in [4.69, 9.17) is 9.26 Å². The summed E-state index contributed by atoms with van der Waals surface area (Å²) in [5.74, 6) is 0.213. The summed E-state index contributed by atoms with van der Waals surface area (Å²) in [7, 11) is 0. The van der Waals surface area contributed by atoms with Crippen LogP contribution in [-0.4, -0.2) is 27.3 Å². The molecule has 0 amide bonds. The first kappa shape index (κ1) is 22.5. The average Bonchev–Trinajstić information content (AvgIpc) is 3.43. The highest BCUT2D eigenvalue weighted by Gasteiger charge is 2.27. The molecule has 8 heteroatoms. The Morgan fingerprint density at radius 1 is 1.15 bits per heavy atom. The smallest absolute Gasteiger partial charge is 0.326 e. The molecule has 0 fully saturated rings. The van der Waals surface area contributed by atoms with E-state index in [0.29, 0.717) is 17.5 Å². The second kappa shape index (κ2) is 9.87. The fourth-order valence-electron chi connectivity index (χ4n) is 3.54. The molecular formula is C25H25N3O4S. The normalized spacial score (nSPS) is 12.8. The first-order valence-electron chi connectivity index (χ1n) is 10.6. The van der Waals surface area contributed by atoms with Crippen LogP contribution in [0, 0.1) is 13.8 Å². The zero-order chi connectivity index (χ0) is 23.4. The van der Waals surface area contributed by atoms with Crippen LogP contribution in [0.2, 0.25) is 0 Å². The predicted octanol–water partition coefficient (Wildman–Crippen LogP) is 5.66. The predicted molar refractivity (Wildman–Crippen MR) is 128 cm³/mol. The van der Waals surface area contributed by atoms with E-state index in [-0.39, 0.29) is 5.92 Å². The highest BCUT2D eigenvalue weighted by Crippen LogP contribution is 2.29. The molecule has 7 nitrogen and oxygen atoms in total. The van der Waals surface area contributed by atoms with Crippen molar-refractivity contribution in [2.24, 2.45) is 0 Å². The number of carboxylic acids is 1. The molecule has 0 aliphatic carbocycles. The summed E-state index contributed by atoms with van der Waals surface area (Å²) < 4.78 is 11.0. The summed E-state index contributed by atoms with van der Waals surface area (Å²) in [6.45, 7) is 5.98. The van der Waals surface area contributed by atoms with Gasteiger partial charge in [0, 0.05) is 16.9 Å². The van der Waals surface area contributed by atoms with Gasteiger partial charge in [0.25, 0.3) is 0 Å². The lowest BCUT2D eigenvalue weighted by Crippen LogP contribution is -2.34. The quantitative estimate of drug-likeness (QED) is 0.330. The molecule has 0 aliphatic rings. The van der Waals surface area contributed by atoms with Crippen LogP contribution < -0.4 is 10.1 Å². The molecule has 0 radical (unpaired) electrons. The van der Waals surface area contributed by atoms with Crippen molar-refractivity contribution in [3.8, 4) is 17.0 Å². The van der Waals surface area contributed by atoms with Crippen molar-refractivity contribution < 1.29 is 19.2 Å². The van der Waals surface area contributed by atoms with E-state index >= 15 is 0 Å². The summed E-state index contributed by atoms with van der Waals surface area (Å²) in [6.07, 6.45) is 0. The first-order valence-corrected chi connectivity index (χ1v) is 11.4. The van der Waals surface area contributed by atoms with Crippen molar-refractivity contribution >= 4 is 22.4 Å². The molecule has 0 saturated carbocycles. The second-order valence-corrected chi connectivity index (χ2v) is 8.67. The van der Waals surface area contributed by atoms with Gasteiger partial charge >= 0.3 is 5.97 Å². The highest BCUT2D eigenvalue weighted by molar-refractivity contribution is 7.14.